The van der Waals surface area contributed by atoms with Crippen molar-refractivity contribution >= 4 is 11.8 Å². The molecule has 1 radical (unpaired) electrons. The van der Waals surface area contributed by atoms with Gasteiger partial charge in [0.25, 0.3) is 0 Å². The van der Waals surface area contributed by atoms with Gasteiger partial charge in [-0.3, -0.25) is 0 Å². The smallest absolute Gasteiger partial charge is 0.192 e. The molecule has 3 heteroatoms. The second-order valence-corrected chi connectivity index (χ2v) is 4.31. The van der Waals surface area contributed by atoms with Gasteiger partial charge in [0.1, 0.15) is 0 Å². The molecule has 0 saturated carbocycles. The lowest BCUT2D eigenvalue weighted by molar-refractivity contribution is 0.902. The molecule has 0 fully saturated rings. The molecular weight excluding hydrogens is 204 g/mol. The fraction of sp³-hybridized carbons (Fsp3) is 0.167. The van der Waals surface area contributed by atoms with Crippen LogP contribution in [-0.2, 0) is 0 Å². The molecule has 2 nitrogen and oxygen atoms in total. The zero-order chi connectivity index (χ0) is 10.7. The van der Waals surface area contributed by atoms with Crippen LogP contribution in [0.2, 0.25) is 0 Å². The highest BCUT2D eigenvalue weighted by molar-refractivity contribution is 7.99. The molecule has 0 bridgehead atoms. The average molecular weight is 215 g/mol. The summed E-state index contributed by atoms with van der Waals surface area (Å²) in [4.78, 5) is 9.88. The molecule has 2 aromatic rings. The van der Waals surface area contributed by atoms with Gasteiger partial charge in [0, 0.05) is 16.3 Å². The van der Waals surface area contributed by atoms with Crippen molar-refractivity contribution in [1.82, 2.24) is 9.97 Å². The Morgan fingerprint density at radius 1 is 1.07 bits per heavy atom. The van der Waals surface area contributed by atoms with Crippen molar-refractivity contribution in [1.29, 1.82) is 0 Å². The molecule has 1 heterocycles. The highest BCUT2D eigenvalue weighted by Gasteiger charge is 2.01. The van der Waals surface area contributed by atoms with E-state index < -0.39 is 0 Å². The van der Waals surface area contributed by atoms with Crippen molar-refractivity contribution in [2.75, 3.05) is 0 Å². The maximum absolute atomic E-state index is 4.37. The molecule has 0 amide bonds. The van der Waals surface area contributed by atoms with Crippen LogP contribution in [0.4, 0.5) is 0 Å². The Morgan fingerprint density at radius 2 is 1.67 bits per heavy atom. The molecule has 0 aliphatic heterocycles. The summed E-state index contributed by atoms with van der Waals surface area (Å²) < 4.78 is 0. The van der Waals surface area contributed by atoms with E-state index in [1.165, 1.54) is 0 Å². The SMILES string of the molecule is Cc1cc(C)nc(Sc2cc[c]cc2)n1. The molecule has 0 N–H and O–H groups in total. The molecule has 1 aromatic carbocycles. The molecule has 0 atom stereocenters. The normalized spacial score (nSPS) is 10.3. The Balaban J connectivity index is 2.25. The third-order valence-electron chi connectivity index (χ3n) is 1.86. The average Bonchev–Trinajstić information content (AvgIpc) is 2.17. The van der Waals surface area contributed by atoms with Crippen molar-refractivity contribution in [3.8, 4) is 0 Å². The van der Waals surface area contributed by atoms with Gasteiger partial charge in [-0.2, -0.15) is 0 Å². The van der Waals surface area contributed by atoms with Crippen LogP contribution >= 0.6 is 11.8 Å². The summed E-state index contributed by atoms with van der Waals surface area (Å²) in [6.07, 6.45) is 0. The minimum absolute atomic E-state index is 0.804. The van der Waals surface area contributed by atoms with Crippen LogP contribution in [0.3, 0.4) is 0 Å². The molecule has 2 rings (SSSR count). The number of benzene rings is 1. The van der Waals surface area contributed by atoms with Gasteiger partial charge in [-0.05, 0) is 49.9 Å². The maximum atomic E-state index is 4.37. The molecule has 0 spiro atoms. The number of aryl methyl sites for hydroxylation is 2. The summed E-state index contributed by atoms with van der Waals surface area (Å²) in [6.45, 7) is 3.97. The van der Waals surface area contributed by atoms with Crippen LogP contribution in [0.5, 0.6) is 0 Å². The Labute approximate surface area is 93.8 Å². The quantitative estimate of drug-likeness (QED) is 0.720. The Bertz CT molecular complexity index is 434. The van der Waals surface area contributed by atoms with Crippen LogP contribution in [0.1, 0.15) is 11.4 Å². The van der Waals surface area contributed by atoms with Crippen molar-refractivity contribution < 1.29 is 0 Å². The highest BCUT2D eigenvalue weighted by atomic mass is 32.2. The van der Waals surface area contributed by atoms with Crippen molar-refractivity contribution in [3.05, 3.63) is 47.8 Å². The maximum Gasteiger partial charge on any atom is 0.192 e. The lowest BCUT2D eigenvalue weighted by atomic mass is 10.4. The van der Waals surface area contributed by atoms with Crippen molar-refractivity contribution in [3.63, 3.8) is 0 Å². The fourth-order valence-electron chi connectivity index (χ4n) is 1.28. The lowest BCUT2D eigenvalue weighted by Crippen LogP contribution is -1.92. The minimum Gasteiger partial charge on any atom is -0.228 e. The number of aromatic nitrogens is 2. The van der Waals surface area contributed by atoms with E-state index in [1.54, 1.807) is 11.8 Å². The number of hydrogen-bond donors (Lipinski definition) is 0. The van der Waals surface area contributed by atoms with E-state index in [1.807, 2.05) is 44.2 Å². The first-order valence-corrected chi connectivity index (χ1v) is 5.52. The molecule has 75 valence electrons. The van der Waals surface area contributed by atoms with E-state index in [2.05, 4.69) is 16.0 Å². The van der Waals surface area contributed by atoms with Crippen LogP contribution in [0.15, 0.2) is 40.4 Å². The number of rotatable bonds is 2. The molecule has 1 aromatic heterocycles. The first-order chi connectivity index (χ1) is 7.24. The Morgan fingerprint density at radius 3 is 2.27 bits per heavy atom. The van der Waals surface area contributed by atoms with Gasteiger partial charge >= 0.3 is 0 Å². The summed E-state index contributed by atoms with van der Waals surface area (Å²) in [5, 5.41) is 0.804. The van der Waals surface area contributed by atoms with E-state index in [0.717, 1.165) is 21.4 Å². The molecule has 0 aliphatic rings. The summed E-state index contributed by atoms with van der Waals surface area (Å²) in [5.41, 5.74) is 2.01. The molecule has 15 heavy (non-hydrogen) atoms. The fourth-order valence-corrected chi connectivity index (χ4v) is 2.15. The lowest BCUT2D eigenvalue weighted by Gasteiger charge is -2.02. The van der Waals surface area contributed by atoms with E-state index >= 15 is 0 Å². The molecule has 0 aliphatic carbocycles. The third kappa shape index (κ3) is 2.80. The van der Waals surface area contributed by atoms with Gasteiger partial charge in [-0.1, -0.05) is 12.1 Å². The summed E-state index contributed by atoms with van der Waals surface area (Å²) in [6, 6.07) is 12.8. The zero-order valence-electron chi connectivity index (χ0n) is 8.69. The second kappa shape index (κ2) is 4.45. The van der Waals surface area contributed by atoms with Gasteiger partial charge in [-0.25, -0.2) is 9.97 Å². The Hall–Kier alpha value is -1.35. The van der Waals surface area contributed by atoms with Crippen molar-refractivity contribution in [2.45, 2.75) is 23.9 Å². The summed E-state index contributed by atoms with van der Waals surface area (Å²) in [7, 11) is 0. The van der Waals surface area contributed by atoms with Crippen molar-refractivity contribution in [2.24, 2.45) is 0 Å². The Kier molecular flexibility index (Phi) is 3.02. The number of nitrogens with zero attached hydrogens (tertiary/aromatic N) is 2. The van der Waals surface area contributed by atoms with E-state index in [0.29, 0.717) is 0 Å². The monoisotopic (exact) mass is 215 g/mol. The van der Waals surface area contributed by atoms with Crippen LogP contribution in [-0.4, -0.2) is 9.97 Å². The van der Waals surface area contributed by atoms with E-state index in [-0.39, 0.29) is 0 Å². The molecule has 0 saturated heterocycles. The zero-order valence-corrected chi connectivity index (χ0v) is 9.51. The van der Waals surface area contributed by atoms with Gasteiger partial charge in [0.15, 0.2) is 5.16 Å². The standard InChI is InChI=1S/C12H11N2S/c1-9-8-10(2)14-12(13-9)15-11-6-4-3-5-7-11/h4-8H,1-2H3. The van der Waals surface area contributed by atoms with Crippen LogP contribution in [0.25, 0.3) is 0 Å². The minimum atomic E-state index is 0.804. The van der Waals surface area contributed by atoms with Gasteiger partial charge in [-0.15, -0.1) is 0 Å². The second-order valence-electron chi connectivity index (χ2n) is 3.27. The first-order valence-electron chi connectivity index (χ1n) is 4.70. The molecular formula is C12H11N2S. The van der Waals surface area contributed by atoms with Gasteiger partial charge < -0.3 is 0 Å². The van der Waals surface area contributed by atoms with E-state index in [9.17, 15) is 0 Å². The summed E-state index contributed by atoms with van der Waals surface area (Å²) >= 11 is 1.57. The molecule has 0 unspecified atom stereocenters. The van der Waals surface area contributed by atoms with Gasteiger partial charge in [0.05, 0.1) is 0 Å². The third-order valence-corrected chi connectivity index (χ3v) is 2.73. The topological polar surface area (TPSA) is 25.8 Å². The highest BCUT2D eigenvalue weighted by Crippen LogP contribution is 2.24. The largest absolute Gasteiger partial charge is 0.228 e. The van der Waals surface area contributed by atoms with Crippen LogP contribution in [0, 0.1) is 19.9 Å². The first kappa shape index (κ1) is 10.2. The summed E-state index contributed by atoms with van der Waals surface area (Å²) in [5.74, 6) is 0. The predicted octanol–water partition coefficient (Wildman–Crippen LogP) is 3.04. The number of hydrogen-bond acceptors (Lipinski definition) is 3. The van der Waals surface area contributed by atoms with E-state index in [4.69, 9.17) is 0 Å². The predicted molar refractivity (Wildman–Crippen MR) is 60.9 cm³/mol. The van der Waals surface area contributed by atoms with Gasteiger partial charge in [0.2, 0.25) is 0 Å². The van der Waals surface area contributed by atoms with Crippen LogP contribution < -0.4 is 0 Å².